The Morgan fingerprint density at radius 3 is 2.51 bits per heavy atom. The monoisotopic (exact) mass is 608 g/mol. The molecule has 1 aliphatic carbocycles. The molecule has 0 amide bonds. The largest absolute Gasteiger partial charge is 0.396 e. The van der Waals surface area contributed by atoms with Crippen LogP contribution in [0, 0.1) is 18.3 Å². The van der Waals surface area contributed by atoms with Crippen LogP contribution in [0.25, 0.3) is 5.65 Å². The predicted molar refractivity (Wildman–Crippen MR) is 172 cm³/mol. The van der Waals surface area contributed by atoms with Gasteiger partial charge in [0.2, 0.25) is 0 Å². The summed E-state index contributed by atoms with van der Waals surface area (Å²) in [6.07, 6.45) is 3.83. The maximum absolute atomic E-state index is 12.4. The van der Waals surface area contributed by atoms with E-state index in [0.717, 1.165) is 30.0 Å². The molecule has 43 heavy (non-hydrogen) atoms. The Morgan fingerprint density at radius 1 is 1.21 bits per heavy atom. The molecule has 0 spiro atoms. The minimum absolute atomic E-state index is 0.0480. The van der Waals surface area contributed by atoms with E-state index in [0.29, 0.717) is 36.3 Å². The minimum Gasteiger partial charge on any atom is -0.396 e. The number of nitrogens with zero attached hydrogens (tertiary/aromatic N) is 6. The molecule has 5 atom stereocenters. The van der Waals surface area contributed by atoms with Crippen molar-refractivity contribution in [1.82, 2.24) is 29.8 Å². The minimum atomic E-state index is -2.52. The van der Waals surface area contributed by atoms with Crippen molar-refractivity contribution in [2.24, 2.45) is 11.3 Å². The van der Waals surface area contributed by atoms with E-state index in [2.05, 4.69) is 50.6 Å². The summed E-state index contributed by atoms with van der Waals surface area (Å²) in [6, 6.07) is 14.2. The highest BCUT2D eigenvalue weighted by atomic mass is 32.2. The molecule has 3 aliphatic heterocycles. The van der Waals surface area contributed by atoms with Crippen LogP contribution in [0.3, 0.4) is 0 Å². The Kier molecular flexibility index (Phi) is 8.82. The summed E-state index contributed by atoms with van der Waals surface area (Å²) in [7, 11) is -2.52. The molecule has 232 valence electrons. The molecule has 0 radical (unpaired) electrons. The molecule has 1 aromatic carbocycles. The van der Waals surface area contributed by atoms with Crippen molar-refractivity contribution in [1.29, 1.82) is 0 Å². The zero-order valence-electron chi connectivity index (χ0n) is 25.8. The molecule has 4 aliphatic rings. The lowest BCUT2D eigenvalue weighted by atomic mass is 9.53. The lowest BCUT2D eigenvalue weighted by molar-refractivity contribution is -0.0714. The fourth-order valence-electron chi connectivity index (χ4n) is 6.33. The number of hydrogen-bond donors (Lipinski definition) is 3. The predicted octanol–water partition coefficient (Wildman–Crippen LogP) is 4.17. The lowest BCUT2D eigenvalue weighted by Crippen LogP contribution is -2.53. The number of hydrogen-bond acceptors (Lipinski definition) is 8. The number of aliphatic hydroxyl groups excluding tert-OH is 1. The molecule has 12 heteroatoms. The van der Waals surface area contributed by atoms with Crippen LogP contribution in [-0.4, -0.2) is 77.0 Å². The van der Waals surface area contributed by atoms with Crippen molar-refractivity contribution in [2.75, 3.05) is 41.7 Å². The Labute approximate surface area is 254 Å². The van der Waals surface area contributed by atoms with Crippen LogP contribution in [0.15, 0.2) is 48.7 Å². The second-order valence-electron chi connectivity index (χ2n) is 11.6. The molecule has 3 saturated heterocycles. The highest BCUT2D eigenvalue weighted by Gasteiger charge is 2.74. The average Bonchev–Trinajstić information content (AvgIpc) is 3.84. The number of ether oxygens (including phenoxy) is 1. The van der Waals surface area contributed by atoms with Crippen LogP contribution in [0.1, 0.15) is 63.7 Å². The molecule has 3 N–H and O–H groups in total. The third-order valence-corrected chi connectivity index (χ3v) is 10.1. The van der Waals surface area contributed by atoms with Crippen molar-refractivity contribution < 1.29 is 14.1 Å². The third kappa shape index (κ3) is 5.75. The zero-order valence-corrected chi connectivity index (χ0v) is 26.6. The van der Waals surface area contributed by atoms with Gasteiger partial charge in [-0.1, -0.05) is 64.1 Å². The van der Waals surface area contributed by atoms with E-state index in [4.69, 9.17) is 14.8 Å². The zero-order chi connectivity index (χ0) is 30.8. The second kappa shape index (κ2) is 12.3. The summed E-state index contributed by atoms with van der Waals surface area (Å²) in [5, 5.41) is 22.3. The van der Waals surface area contributed by atoms with Gasteiger partial charge in [0.25, 0.3) is 5.95 Å². The van der Waals surface area contributed by atoms with Crippen LogP contribution in [0.5, 0.6) is 0 Å². The molecule has 3 aromatic heterocycles. The summed E-state index contributed by atoms with van der Waals surface area (Å²) < 4.78 is 23.4. The SMILES string of the molecule is C=S(=O)(CC)Nc1n[nH]c(C2C3(CO)COC2(c2nc4c(C)cc(N5CCC(C)C5)cn4n2)C3)n1.CC.c1ccccc1. The molecular weight excluding hydrogens is 564 g/mol. The molecular formula is C31H44N8O3S. The van der Waals surface area contributed by atoms with Gasteiger partial charge in [-0.3, -0.25) is 9.82 Å². The fraction of sp³-hybridized carbons (Fsp3) is 0.516. The van der Waals surface area contributed by atoms with Gasteiger partial charge in [0.15, 0.2) is 11.5 Å². The number of nitrogens with one attached hydrogen (secondary N) is 2. The number of benzene rings is 1. The number of pyridine rings is 1. The van der Waals surface area contributed by atoms with Gasteiger partial charge < -0.3 is 14.7 Å². The van der Waals surface area contributed by atoms with E-state index in [1.807, 2.05) is 61.0 Å². The standard InChI is InChI=1S/C23H32N8O3S.C6H6.C2H6/c1-5-35(4,33)29-21-24-18(26-27-21)17-22(12-32)11-23(17,34-13-22)20-25-19-15(3)8-16(10-31(19)28-20)30-7-6-14(2)9-30;1-2-4-6-5-3-1;1-2/h8,10,14,17,32H,4-7,9,11-13H2,1-3H3,(H2,24,26,27,29,33);1-6H;1-2H3. The summed E-state index contributed by atoms with van der Waals surface area (Å²) in [6.45, 7) is 12.5. The number of fused-ring (bicyclic) bond motifs is 2. The Bertz CT molecular complexity index is 1610. The van der Waals surface area contributed by atoms with Crippen molar-refractivity contribution in [3.8, 4) is 0 Å². The van der Waals surface area contributed by atoms with Gasteiger partial charge in [-0.25, -0.2) is 13.7 Å². The molecule has 11 nitrogen and oxygen atoms in total. The van der Waals surface area contributed by atoms with Crippen LogP contribution in [0.2, 0.25) is 0 Å². The number of aryl methyl sites for hydroxylation is 1. The van der Waals surface area contributed by atoms with Crippen LogP contribution >= 0.6 is 0 Å². The van der Waals surface area contributed by atoms with E-state index in [1.54, 1.807) is 6.92 Å². The summed E-state index contributed by atoms with van der Waals surface area (Å²) in [5.74, 6) is 5.80. The topological polar surface area (TPSA) is 134 Å². The first-order valence-electron chi connectivity index (χ1n) is 15.1. The number of aliphatic hydroxyl groups is 1. The summed E-state index contributed by atoms with van der Waals surface area (Å²) >= 11 is 0. The van der Waals surface area contributed by atoms with E-state index in [-0.39, 0.29) is 18.5 Å². The normalized spacial score (nSPS) is 27.0. The highest BCUT2D eigenvalue weighted by Crippen LogP contribution is 2.70. The van der Waals surface area contributed by atoms with E-state index >= 15 is 0 Å². The smallest absolute Gasteiger partial charge is 0.253 e. The quantitative estimate of drug-likeness (QED) is 0.266. The van der Waals surface area contributed by atoms with E-state index in [1.165, 1.54) is 6.42 Å². The molecule has 4 fully saturated rings. The van der Waals surface area contributed by atoms with Crippen LogP contribution < -0.4 is 9.62 Å². The number of H-pyrrole nitrogens is 1. The Balaban J connectivity index is 0.000000406. The van der Waals surface area contributed by atoms with E-state index in [9.17, 15) is 9.32 Å². The number of rotatable bonds is 7. The number of aromatic nitrogens is 6. The third-order valence-electron chi connectivity index (χ3n) is 8.58. The molecule has 2 bridgehead atoms. The van der Waals surface area contributed by atoms with Gasteiger partial charge in [-0.15, -0.1) is 10.2 Å². The molecule has 5 unspecified atom stereocenters. The number of anilines is 2. The van der Waals surface area contributed by atoms with Gasteiger partial charge in [-0.05, 0) is 43.2 Å². The summed E-state index contributed by atoms with van der Waals surface area (Å²) in [5.41, 5.74) is 1.69. The maximum Gasteiger partial charge on any atom is 0.253 e. The van der Waals surface area contributed by atoms with Gasteiger partial charge in [0, 0.05) is 34.0 Å². The van der Waals surface area contributed by atoms with Crippen molar-refractivity contribution in [2.45, 2.75) is 59.0 Å². The van der Waals surface area contributed by atoms with Crippen molar-refractivity contribution in [3.05, 3.63) is 65.9 Å². The summed E-state index contributed by atoms with van der Waals surface area (Å²) in [4.78, 5) is 11.9. The van der Waals surface area contributed by atoms with Gasteiger partial charge in [-0.2, -0.15) is 4.98 Å². The van der Waals surface area contributed by atoms with E-state index < -0.39 is 20.7 Å². The second-order valence-corrected chi connectivity index (χ2v) is 14.0. The maximum atomic E-state index is 12.4. The van der Waals surface area contributed by atoms with Crippen molar-refractivity contribution >= 4 is 32.9 Å². The van der Waals surface area contributed by atoms with Gasteiger partial charge in [0.05, 0.1) is 31.0 Å². The first kappa shape index (κ1) is 31.0. The number of aromatic amines is 1. The van der Waals surface area contributed by atoms with Crippen LogP contribution in [0.4, 0.5) is 11.6 Å². The highest BCUT2D eigenvalue weighted by molar-refractivity contribution is 8.01. The van der Waals surface area contributed by atoms with Gasteiger partial charge >= 0.3 is 0 Å². The first-order valence-corrected chi connectivity index (χ1v) is 17.0. The molecule has 6 heterocycles. The molecule has 1 saturated carbocycles. The Hall–Kier alpha value is -3.48. The molecule has 8 rings (SSSR count). The average molecular weight is 609 g/mol. The van der Waals surface area contributed by atoms with Gasteiger partial charge in [0.1, 0.15) is 11.4 Å². The molecule has 4 aromatic rings. The van der Waals surface area contributed by atoms with Crippen molar-refractivity contribution in [3.63, 3.8) is 0 Å². The fourth-order valence-corrected chi connectivity index (χ4v) is 6.90. The van der Waals surface area contributed by atoms with Crippen LogP contribution in [-0.2, 0) is 20.0 Å². The first-order chi connectivity index (χ1) is 20.7. The lowest BCUT2D eigenvalue weighted by Gasteiger charge is -2.49. The Morgan fingerprint density at radius 2 is 1.91 bits per heavy atom.